The Hall–Kier alpha value is -2.33. The van der Waals surface area contributed by atoms with Gasteiger partial charge in [0, 0.05) is 10.6 Å². The average molecular weight is 319 g/mol. The summed E-state index contributed by atoms with van der Waals surface area (Å²) in [4.78, 5) is 24.6. The number of halogens is 1. The van der Waals surface area contributed by atoms with Crippen LogP contribution in [0.25, 0.3) is 0 Å². The Morgan fingerprint density at radius 2 is 1.64 bits per heavy atom. The molecule has 0 aromatic heterocycles. The van der Waals surface area contributed by atoms with Gasteiger partial charge >= 0.3 is 5.97 Å². The van der Waals surface area contributed by atoms with Gasteiger partial charge < -0.3 is 9.47 Å². The molecule has 0 saturated heterocycles. The van der Waals surface area contributed by atoms with Crippen molar-refractivity contribution in [1.29, 1.82) is 0 Å². The largest absolute Gasteiger partial charge is 0.496 e. The Morgan fingerprint density at radius 1 is 0.955 bits per heavy atom. The molecule has 114 valence electrons. The van der Waals surface area contributed by atoms with Crippen LogP contribution in [-0.2, 0) is 4.74 Å². The first-order chi connectivity index (χ1) is 10.5. The highest BCUT2D eigenvalue weighted by molar-refractivity contribution is 6.31. The zero-order chi connectivity index (χ0) is 16.3. The molecule has 0 aliphatic rings. The Balaban J connectivity index is 2.57. The van der Waals surface area contributed by atoms with Crippen LogP contribution in [0.3, 0.4) is 0 Å². The molecule has 0 heterocycles. The van der Waals surface area contributed by atoms with E-state index in [0.717, 1.165) is 5.56 Å². The Bertz CT molecular complexity index is 737. The van der Waals surface area contributed by atoms with Gasteiger partial charge in [-0.3, -0.25) is 4.79 Å². The van der Waals surface area contributed by atoms with Gasteiger partial charge in [0.2, 0.25) is 0 Å². The number of esters is 1. The van der Waals surface area contributed by atoms with Crippen LogP contribution in [0.2, 0.25) is 5.02 Å². The lowest BCUT2D eigenvalue weighted by molar-refractivity contribution is 0.0597. The van der Waals surface area contributed by atoms with E-state index in [1.807, 2.05) is 13.0 Å². The van der Waals surface area contributed by atoms with E-state index in [9.17, 15) is 9.59 Å². The quantitative estimate of drug-likeness (QED) is 0.637. The molecule has 4 nitrogen and oxygen atoms in total. The third kappa shape index (κ3) is 3.12. The van der Waals surface area contributed by atoms with Crippen molar-refractivity contribution in [3.8, 4) is 5.75 Å². The molecule has 0 bridgehead atoms. The van der Waals surface area contributed by atoms with Crippen molar-refractivity contribution in [2.24, 2.45) is 0 Å². The summed E-state index contributed by atoms with van der Waals surface area (Å²) in [6.07, 6.45) is 0. The summed E-state index contributed by atoms with van der Waals surface area (Å²) >= 11 is 5.90. The predicted octanol–water partition coefficient (Wildman–Crippen LogP) is 3.67. The zero-order valence-corrected chi connectivity index (χ0v) is 13.2. The van der Waals surface area contributed by atoms with Crippen LogP contribution >= 0.6 is 11.6 Å². The lowest BCUT2D eigenvalue weighted by Gasteiger charge is -2.11. The number of benzene rings is 2. The highest BCUT2D eigenvalue weighted by Crippen LogP contribution is 2.26. The Labute approximate surface area is 133 Å². The minimum absolute atomic E-state index is 0.127. The summed E-state index contributed by atoms with van der Waals surface area (Å²) in [6, 6.07) is 9.73. The van der Waals surface area contributed by atoms with Gasteiger partial charge in [0.1, 0.15) is 5.75 Å². The second-order valence-electron chi connectivity index (χ2n) is 4.71. The monoisotopic (exact) mass is 318 g/mol. The number of rotatable bonds is 4. The van der Waals surface area contributed by atoms with Crippen LogP contribution < -0.4 is 4.74 Å². The maximum absolute atomic E-state index is 12.8. The van der Waals surface area contributed by atoms with E-state index in [-0.39, 0.29) is 16.9 Å². The topological polar surface area (TPSA) is 52.6 Å². The van der Waals surface area contributed by atoms with Gasteiger partial charge in [-0.15, -0.1) is 0 Å². The van der Waals surface area contributed by atoms with Crippen LogP contribution in [0.1, 0.15) is 31.8 Å². The van der Waals surface area contributed by atoms with Crippen LogP contribution in [0.5, 0.6) is 5.75 Å². The van der Waals surface area contributed by atoms with E-state index >= 15 is 0 Å². The van der Waals surface area contributed by atoms with Crippen LogP contribution in [0, 0.1) is 6.92 Å². The molecule has 0 fully saturated rings. The molecule has 0 aliphatic carbocycles. The van der Waals surface area contributed by atoms with Crippen molar-refractivity contribution in [3.05, 3.63) is 63.7 Å². The van der Waals surface area contributed by atoms with Gasteiger partial charge in [0.05, 0.1) is 25.3 Å². The molecular formula is C17H15ClO4. The summed E-state index contributed by atoms with van der Waals surface area (Å²) in [5, 5.41) is 0.354. The van der Waals surface area contributed by atoms with Crippen molar-refractivity contribution < 1.29 is 19.1 Å². The van der Waals surface area contributed by atoms with Gasteiger partial charge in [-0.2, -0.15) is 0 Å². The summed E-state index contributed by atoms with van der Waals surface area (Å²) in [5.41, 5.74) is 1.69. The van der Waals surface area contributed by atoms with E-state index in [4.69, 9.17) is 21.1 Å². The van der Waals surface area contributed by atoms with Crippen molar-refractivity contribution >= 4 is 23.4 Å². The van der Waals surface area contributed by atoms with Crippen molar-refractivity contribution in [2.75, 3.05) is 14.2 Å². The number of ketones is 1. The molecule has 0 atom stereocenters. The van der Waals surface area contributed by atoms with Gasteiger partial charge in [-0.25, -0.2) is 4.79 Å². The number of carbonyl (C=O) groups is 2. The van der Waals surface area contributed by atoms with Crippen LogP contribution in [0.4, 0.5) is 0 Å². The smallest absolute Gasteiger partial charge is 0.338 e. The van der Waals surface area contributed by atoms with Crippen molar-refractivity contribution in [1.82, 2.24) is 0 Å². The first-order valence-electron chi connectivity index (χ1n) is 6.55. The summed E-state index contributed by atoms with van der Waals surface area (Å²) in [6.45, 7) is 1.90. The Morgan fingerprint density at radius 3 is 2.27 bits per heavy atom. The lowest BCUT2D eigenvalue weighted by atomic mass is 9.97. The van der Waals surface area contributed by atoms with E-state index in [1.165, 1.54) is 26.4 Å². The van der Waals surface area contributed by atoms with E-state index < -0.39 is 5.97 Å². The maximum Gasteiger partial charge on any atom is 0.338 e. The lowest BCUT2D eigenvalue weighted by Crippen LogP contribution is -2.12. The number of hydrogen-bond acceptors (Lipinski definition) is 4. The standard InChI is InChI=1S/C17H15ClO4/c1-10-4-6-13(15(8-10)21-2)16(19)12-7-5-11(18)9-14(12)17(20)22-3/h4-9H,1-3H3. The molecule has 0 radical (unpaired) electrons. The first kappa shape index (κ1) is 16.0. The molecule has 22 heavy (non-hydrogen) atoms. The molecule has 2 aromatic carbocycles. The van der Waals surface area contributed by atoms with Crippen molar-refractivity contribution in [3.63, 3.8) is 0 Å². The molecule has 0 unspecified atom stereocenters. The SMILES string of the molecule is COC(=O)c1cc(Cl)ccc1C(=O)c1ccc(C)cc1OC. The molecule has 2 rings (SSSR count). The number of aryl methyl sites for hydroxylation is 1. The zero-order valence-electron chi connectivity index (χ0n) is 12.5. The minimum Gasteiger partial charge on any atom is -0.496 e. The summed E-state index contributed by atoms with van der Waals surface area (Å²) in [7, 11) is 2.75. The molecule has 0 amide bonds. The number of hydrogen-bond donors (Lipinski definition) is 0. The second kappa shape index (κ2) is 6.62. The molecule has 0 aliphatic heterocycles. The van der Waals surface area contributed by atoms with Crippen molar-refractivity contribution in [2.45, 2.75) is 6.92 Å². The normalized spacial score (nSPS) is 10.2. The number of ether oxygens (including phenoxy) is 2. The molecule has 2 aromatic rings. The predicted molar refractivity (Wildman–Crippen MR) is 84.0 cm³/mol. The van der Waals surface area contributed by atoms with E-state index in [2.05, 4.69) is 0 Å². The molecule has 0 spiro atoms. The summed E-state index contributed by atoms with van der Waals surface area (Å²) < 4.78 is 9.97. The average Bonchev–Trinajstić information content (AvgIpc) is 2.53. The van der Waals surface area contributed by atoms with Gasteiger partial charge in [0.25, 0.3) is 0 Å². The third-order valence-electron chi connectivity index (χ3n) is 3.23. The first-order valence-corrected chi connectivity index (χ1v) is 6.93. The molecule has 0 N–H and O–H groups in total. The molecule has 0 saturated carbocycles. The number of carbonyl (C=O) groups excluding carboxylic acids is 2. The second-order valence-corrected chi connectivity index (χ2v) is 5.15. The number of methoxy groups -OCH3 is 2. The van der Waals surface area contributed by atoms with Gasteiger partial charge in [-0.1, -0.05) is 17.7 Å². The Kier molecular flexibility index (Phi) is 4.83. The van der Waals surface area contributed by atoms with E-state index in [1.54, 1.807) is 18.2 Å². The van der Waals surface area contributed by atoms with E-state index in [0.29, 0.717) is 16.3 Å². The highest BCUT2D eigenvalue weighted by atomic mass is 35.5. The summed E-state index contributed by atoms with van der Waals surface area (Å²) in [5.74, 6) is -0.485. The van der Waals surface area contributed by atoms with Crippen LogP contribution in [0.15, 0.2) is 36.4 Å². The third-order valence-corrected chi connectivity index (χ3v) is 3.47. The fraction of sp³-hybridized carbons (Fsp3) is 0.176. The van der Waals surface area contributed by atoms with Crippen LogP contribution in [-0.4, -0.2) is 26.0 Å². The maximum atomic E-state index is 12.8. The van der Waals surface area contributed by atoms with Gasteiger partial charge in [-0.05, 0) is 42.8 Å². The fourth-order valence-corrected chi connectivity index (χ4v) is 2.30. The van der Waals surface area contributed by atoms with Gasteiger partial charge in [0.15, 0.2) is 5.78 Å². The molecule has 5 heteroatoms. The minimum atomic E-state index is -0.614. The fourth-order valence-electron chi connectivity index (χ4n) is 2.12. The highest BCUT2D eigenvalue weighted by Gasteiger charge is 2.22. The molecular weight excluding hydrogens is 304 g/mol.